The third-order valence-electron chi connectivity index (χ3n) is 3.11. The minimum absolute atomic E-state index is 0.0299. The van der Waals surface area contributed by atoms with Crippen LogP contribution < -0.4 is 9.75 Å². The van der Waals surface area contributed by atoms with Crippen LogP contribution in [-0.2, 0) is 14.3 Å². The molecule has 8 heteroatoms. The summed E-state index contributed by atoms with van der Waals surface area (Å²) in [5.74, 6) is -1.24. The Kier molecular flexibility index (Phi) is 4.87. The molecule has 7 nitrogen and oxygen atoms in total. The summed E-state index contributed by atoms with van der Waals surface area (Å²) in [6.45, 7) is 1.87. The van der Waals surface area contributed by atoms with Crippen LogP contribution in [0.25, 0.3) is 0 Å². The van der Waals surface area contributed by atoms with Crippen LogP contribution >= 0.6 is 11.6 Å². The number of aliphatic carboxylic acids is 1. The Bertz CT molecular complexity index is 632. The summed E-state index contributed by atoms with van der Waals surface area (Å²) in [6, 6.07) is 3.78. The maximum absolute atomic E-state index is 11.7. The molecule has 1 heterocycles. The van der Waals surface area contributed by atoms with Crippen molar-refractivity contribution in [3.05, 3.63) is 23.2 Å². The molecule has 0 saturated heterocycles. The highest BCUT2D eigenvalue weighted by Crippen LogP contribution is 2.32. The standard InChI is InChI=1S/C14H15ClN2O5/c1-3-22-14(20)10-7-11(13(18)19)17(16-10)8-4-5-12(21-2)9(15)6-8/h4-6,11H,3,7H2,1-2H3,(H,18,19). The van der Waals surface area contributed by atoms with E-state index in [1.54, 1.807) is 19.1 Å². The van der Waals surface area contributed by atoms with Crippen molar-refractivity contribution in [2.45, 2.75) is 19.4 Å². The van der Waals surface area contributed by atoms with Crippen LogP contribution in [0.2, 0.25) is 5.02 Å². The number of hydrogen-bond donors (Lipinski definition) is 1. The molecule has 0 spiro atoms. The summed E-state index contributed by atoms with van der Waals surface area (Å²) >= 11 is 6.04. The van der Waals surface area contributed by atoms with Gasteiger partial charge in [-0.2, -0.15) is 5.10 Å². The smallest absolute Gasteiger partial charge is 0.354 e. The summed E-state index contributed by atoms with van der Waals surface area (Å²) in [5.41, 5.74) is 0.527. The van der Waals surface area contributed by atoms with Crippen LogP contribution in [-0.4, -0.2) is 42.5 Å². The molecule has 2 rings (SSSR count). The highest BCUT2D eigenvalue weighted by Gasteiger charge is 2.37. The monoisotopic (exact) mass is 326 g/mol. The fraction of sp³-hybridized carbons (Fsp3) is 0.357. The van der Waals surface area contributed by atoms with Gasteiger partial charge >= 0.3 is 11.9 Å². The van der Waals surface area contributed by atoms with Crippen molar-refractivity contribution in [2.75, 3.05) is 18.7 Å². The molecular weight excluding hydrogens is 312 g/mol. The molecule has 22 heavy (non-hydrogen) atoms. The number of methoxy groups -OCH3 is 1. The number of rotatable bonds is 5. The molecule has 1 N–H and O–H groups in total. The molecule has 1 aromatic carbocycles. The minimum atomic E-state index is -1.09. The number of carboxylic acids is 1. The predicted molar refractivity (Wildman–Crippen MR) is 80.6 cm³/mol. The van der Waals surface area contributed by atoms with Crippen LogP contribution in [0.5, 0.6) is 5.75 Å². The molecule has 1 aromatic rings. The molecule has 1 aliphatic heterocycles. The second kappa shape index (κ2) is 6.65. The number of esters is 1. The van der Waals surface area contributed by atoms with E-state index in [1.165, 1.54) is 18.2 Å². The zero-order chi connectivity index (χ0) is 16.3. The van der Waals surface area contributed by atoms with Gasteiger partial charge in [0, 0.05) is 6.42 Å². The van der Waals surface area contributed by atoms with Gasteiger partial charge in [0.2, 0.25) is 0 Å². The number of ether oxygens (including phenoxy) is 2. The fourth-order valence-corrected chi connectivity index (χ4v) is 2.33. The van der Waals surface area contributed by atoms with Crippen LogP contribution in [0.1, 0.15) is 13.3 Å². The molecule has 0 saturated carbocycles. The van der Waals surface area contributed by atoms with E-state index in [1.807, 2.05) is 0 Å². The first-order valence-corrected chi connectivity index (χ1v) is 6.96. The SMILES string of the molecule is CCOC(=O)C1=NN(c2ccc(OC)c(Cl)c2)C(C(=O)O)C1. The van der Waals surface area contributed by atoms with Crippen molar-refractivity contribution in [3.8, 4) is 5.75 Å². The number of benzene rings is 1. The Labute approximate surface area is 132 Å². The van der Waals surface area contributed by atoms with E-state index in [4.69, 9.17) is 21.1 Å². The van der Waals surface area contributed by atoms with Gasteiger partial charge in [-0.25, -0.2) is 9.59 Å². The van der Waals surface area contributed by atoms with Gasteiger partial charge in [-0.05, 0) is 25.1 Å². The maximum Gasteiger partial charge on any atom is 0.354 e. The van der Waals surface area contributed by atoms with E-state index in [2.05, 4.69) is 5.10 Å². The molecule has 0 radical (unpaired) electrons. The molecular formula is C14H15ClN2O5. The lowest BCUT2D eigenvalue weighted by Crippen LogP contribution is -2.34. The number of nitrogens with zero attached hydrogens (tertiary/aromatic N) is 2. The van der Waals surface area contributed by atoms with Gasteiger partial charge in [0.05, 0.1) is 24.4 Å². The molecule has 0 fully saturated rings. The Morgan fingerprint density at radius 3 is 2.77 bits per heavy atom. The molecule has 1 unspecified atom stereocenters. The Morgan fingerprint density at radius 1 is 1.50 bits per heavy atom. The van der Waals surface area contributed by atoms with Gasteiger partial charge in [-0.15, -0.1) is 0 Å². The van der Waals surface area contributed by atoms with Gasteiger partial charge in [0.25, 0.3) is 0 Å². The van der Waals surface area contributed by atoms with E-state index < -0.39 is 18.0 Å². The molecule has 0 bridgehead atoms. The van der Waals surface area contributed by atoms with Crippen molar-refractivity contribution in [3.63, 3.8) is 0 Å². The zero-order valence-electron chi connectivity index (χ0n) is 12.1. The quantitative estimate of drug-likeness (QED) is 0.832. The molecule has 1 atom stereocenters. The first-order valence-electron chi connectivity index (χ1n) is 6.58. The van der Waals surface area contributed by atoms with Gasteiger partial charge in [0.15, 0.2) is 6.04 Å². The number of anilines is 1. The fourth-order valence-electron chi connectivity index (χ4n) is 2.08. The number of hydrogen-bond acceptors (Lipinski definition) is 6. The summed E-state index contributed by atoms with van der Waals surface area (Å²) in [7, 11) is 1.48. The Balaban J connectivity index is 2.34. The molecule has 0 aliphatic carbocycles. The minimum Gasteiger partial charge on any atom is -0.495 e. The van der Waals surface area contributed by atoms with Gasteiger partial charge in [-0.1, -0.05) is 11.6 Å². The maximum atomic E-state index is 11.7. The number of carbonyl (C=O) groups is 2. The van der Waals surface area contributed by atoms with Crippen molar-refractivity contribution < 1.29 is 24.2 Å². The summed E-state index contributed by atoms with van der Waals surface area (Å²) in [4.78, 5) is 23.1. The van der Waals surface area contributed by atoms with E-state index in [0.717, 1.165) is 0 Å². The summed E-state index contributed by atoms with van der Waals surface area (Å²) in [6.07, 6.45) is -0.0299. The van der Waals surface area contributed by atoms with Crippen molar-refractivity contribution in [2.24, 2.45) is 5.10 Å². The predicted octanol–water partition coefficient (Wildman–Crippen LogP) is 1.93. The van der Waals surface area contributed by atoms with Crippen LogP contribution in [0.4, 0.5) is 5.69 Å². The second-order valence-electron chi connectivity index (χ2n) is 4.49. The second-order valence-corrected chi connectivity index (χ2v) is 4.90. The Hall–Kier alpha value is -2.28. The number of hydrazone groups is 1. The van der Waals surface area contributed by atoms with E-state index in [0.29, 0.717) is 16.5 Å². The van der Waals surface area contributed by atoms with E-state index in [-0.39, 0.29) is 18.7 Å². The van der Waals surface area contributed by atoms with Crippen molar-refractivity contribution >= 4 is 34.9 Å². The molecule has 0 amide bonds. The molecule has 118 valence electrons. The topological polar surface area (TPSA) is 88.4 Å². The highest BCUT2D eigenvalue weighted by atomic mass is 35.5. The number of carbonyl (C=O) groups excluding carboxylic acids is 1. The average molecular weight is 327 g/mol. The van der Waals surface area contributed by atoms with E-state index in [9.17, 15) is 14.7 Å². The third kappa shape index (κ3) is 3.14. The molecule has 1 aliphatic rings. The van der Waals surface area contributed by atoms with Crippen LogP contribution in [0.15, 0.2) is 23.3 Å². The average Bonchev–Trinajstić information content (AvgIpc) is 2.93. The van der Waals surface area contributed by atoms with Gasteiger partial charge < -0.3 is 14.6 Å². The highest BCUT2D eigenvalue weighted by molar-refractivity contribution is 6.38. The largest absolute Gasteiger partial charge is 0.495 e. The summed E-state index contributed by atoms with van der Waals surface area (Å²) in [5, 5.41) is 15.0. The Morgan fingerprint density at radius 2 is 2.23 bits per heavy atom. The normalized spacial score (nSPS) is 17.1. The number of halogens is 1. The third-order valence-corrected chi connectivity index (χ3v) is 3.40. The lowest BCUT2D eigenvalue weighted by atomic mass is 10.1. The van der Waals surface area contributed by atoms with E-state index >= 15 is 0 Å². The van der Waals surface area contributed by atoms with Gasteiger partial charge in [-0.3, -0.25) is 5.01 Å². The molecule has 0 aromatic heterocycles. The summed E-state index contributed by atoms with van der Waals surface area (Å²) < 4.78 is 9.91. The van der Waals surface area contributed by atoms with Crippen molar-refractivity contribution in [1.29, 1.82) is 0 Å². The van der Waals surface area contributed by atoms with Crippen molar-refractivity contribution in [1.82, 2.24) is 0 Å². The van der Waals surface area contributed by atoms with Crippen LogP contribution in [0, 0.1) is 0 Å². The zero-order valence-corrected chi connectivity index (χ0v) is 12.8. The first-order chi connectivity index (χ1) is 10.5. The van der Waals surface area contributed by atoms with Gasteiger partial charge in [0.1, 0.15) is 11.5 Å². The first kappa shape index (κ1) is 16.1. The lowest BCUT2D eigenvalue weighted by molar-refractivity contribution is -0.138. The lowest BCUT2D eigenvalue weighted by Gasteiger charge is -2.20. The number of carboxylic acid groups (broad SMARTS) is 1. The van der Waals surface area contributed by atoms with Crippen LogP contribution in [0.3, 0.4) is 0 Å².